The van der Waals surface area contributed by atoms with Crippen molar-refractivity contribution in [2.75, 3.05) is 0 Å². The fourth-order valence-corrected chi connectivity index (χ4v) is 5.75. The van der Waals surface area contributed by atoms with Gasteiger partial charge in [-0.25, -0.2) is 22.5 Å². The van der Waals surface area contributed by atoms with E-state index in [1.807, 2.05) is 6.07 Å². The number of halogens is 4. The van der Waals surface area contributed by atoms with Crippen LogP contribution < -0.4 is 4.74 Å². The molecular weight excluding hydrogens is 468 g/mol. The Kier molecular flexibility index (Phi) is 4.77. The number of aromatic nitrogens is 1. The summed E-state index contributed by atoms with van der Waals surface area (Å²) < 4.78 is 62.0. The van der Waals surface area contributed by atoms with Crippen LogP contribution in [0.15, 0.2) is 59.6 Å². The summed E-state index contributed by atoms with van der Waals surface area (Å²) in [5.74, 6) is -5.49. The minimum Gasteiger partial charge on any atom is -0.506 e. The van der Waals surface area contributed by atoms with E-state index in [0.717, 1.165) is 5.39 Å². The second-order valence-electron chi connectivity index (χ2n) is 8.02. The van der Waals surface area contributed by atoms with E-state index in [0.29, 0.717) is 21.9 Å². The molecular formula is C25H14F4N2O2S. The van der Waals surface area contributed by atoms with Gasteiger partial charge in [-0.15, -0.1) is 0 Å². The van der Waals surface area contributed by atoms with E-state index in [9.17, 15) is 22.7 Å². The Labute approximate surface area is 194 Å². The van der Waals surface area contributed by atoms with E-state index in [4.69, 9.17) is 4.74 Å². The number of benzene rings is 3. The molecule has 9 heteroatoms. The maximum atomic E-state index is 14.5. The van der Waals surface area contributed by atoms with Crippen molar-refractivity contribution >= 4 is 27.7 Å². The number of rotatable bonds is 3. The molecule has 2 atom stereocenters. The molecule has 34 heavy (non-hydrogen) atoms. The van der Waals surface area contributed by atoms with E-state index in [1.54, 1.807) is 48.5 Å². The van der Waals surface area contributed by atoms with Crippen molar-refractivity contribution in [1.82, 2.24) is 4.98 Å². The predicted molar refractivity (Wildman–Crippen MR) is 121 cm³/mol. The SMILES string of the molecule is Oc1cccc2ccc(Oc3cccc(C4=N[C@H]5Cc6c(F)c(F)c(F)c(F)c6[C@H]5S4)c3)nc12. The zero-order valence-corrected chi connectivity index (χ0v) is 18.0. The number of phenolic OH excluding ortho intramolecular Hbond substituents is 1. The van der Waals surface area contributed by atoms with Gasteiger partial charge in [0.05, 0.1) is 16.3 Å². The van der Waals surface area contributed by atoms with Gasteiger partial charge in [-0.05, 0) is 30.7 Å². The van der Waals surface area contributed by atoms with Gasteiger partial charge in [0.25, 0.3) is 0 Å². The van der Waals surface area contributed by atoms with Crippen molar-refractivity contribution in [3.05, 3.63) is 94.6 Å². The Balaban J connectivity index is 1.28. The van der Waals surface area contributed by atoms with Crippen LogP contribution in [0, 0.1) is 23.3 Å². The van der Waals surface area contributed by atoms with Gasteiger partial charge in [0.15, 0.2) is 23.3 Å². The summed E-state index contributed by atoms with van der Waals surface area (Å²) in [5, 5.41) is 10.7. The van der Waals surface area contributed by atoms with Crippen LogP contribution in [0.4, 0.5) is 17.6 Å². The topological polar surface area (TPSA) is 54.7 Å². The Hall–Kier alpha value is -3.59. The van der Waals surface area contributed by atoms with Crippen LogP contribution in [0.25, 0.3) is 10.9 Å². The number of hydrogen-bond donors (Lipinski definition) is 1. The zero-order chi connectivity index (χ0) is 23.6. The maximum absolute atomic E-state index is 14.5. The molecule has 0 radical (unpaired) electrons. The molecule has 2 aliphatic rings. The monoisotopic (exact) mass is 482 g/mol. The first kappa shape index (κ1) is 21.0. The minimum absolute atomic E-state index is 0.00283. The number of phenols is 1. The second-order valence-corrected chi connectivity index (χ2v) is 9.15. The Morgan fingerprint density at radius 1 is 0.912 bits per heavy atom. The zero-order valence-electron chi connectivity index (χ0n) is 17.2. The molecule has 4 aromatic rings. The quantitative estimate of drug-likeness (QED) is 0.207. The Bertz CT molecular complexity index is 1530. The molecule has 0 bridgehead atoms. The summed E-state index contributed by atoms with van der Waals surface area (Å²) in [7, 11) is 0. The average Bonchev–Trinajstić information content (AvgIpc) is 3.41. The number of thioether (sulfide) groups is 1. The Morgan fingerprint density at radius 3 is 2.56 bits per heavy atom. The molecule has 1 aromatic heterocycles. The van der Waals surface area contributed by atoms with Gasteiger partial charge in [-0.2, -0.15) is 0 Å². The third-order valence-electron chi connectivity index (χ3n) is 5.95. The summed E-state index contributed by atoms with van der Waals surface area (Å²) in [6, 6.07) is 15.0. The van der Waals surface area contributed by atoms with Gasteiger partial charge < -0.3 is 9.84 Å². The fraction of sp³-hybridized carbons (Fsp3) is 0.120. The van der Waals surface area contributed by atoms with Crippen LogP contribution in [0.5, 0.6) is 17.4 Å². The first-order valence-corrected chi connectivity index (χ1v) is 11.2. The fourth-order valence-electron chi connectivity index (χ4n) is 4.38. The largest absolute Gasteiger partial charge is 0.506 e. The summed E-state index contributed by atoms with van der Waals surface area (Å²) in [6.45, 7) is 0. The average molecular weight is 482 g/mol. The lowest BCUT2D eigenvalue weighted by atomic mass is 10.1. The molecule has 1 aliphatic heterocycles. The summed E-state index contributed by atoms with van der Waals surface area (Å²) in [4.78, 5) is 8.93. The van der Waals surface area contributed by atoms with Crippen LogP contribution >= 0.6 is 11.8 Å². The number of pyridine rings is 1. The smallest absolute Gasteiger partial charge is 0.219 e. The lowest BCUT2D eigenvalue weighted by molar-refractivity contribution is 0.402. The molecule has 0 amide bonds. The van der Waals surface area contributed by atoms with Gasteiger partial charge in [0, 0.05) is 28.1 Å². The summed E-state index contributed by atoms with van der Waals surface area (Å²) in [5.41, 5.74) is 0.795. The van der Waals surface area contributed by atoms with Crippen LogP contribution in [0.3, 0.4) is 0 Å². The van der Waals surface area contributed by atoms with Gasteiger partial charge >= 0.3 is 0 Å². The van der Waals surface area contributed by atoms with E-state index in [2.05, 4.69) is 9.98 Å². The number of nitrogens with zero attached hydrogens (tertiary/aromatic N) is 2. The highest BCUT2D eigenvalue weighted by Gasteiger charge is 2.44. The molecule has 0 saturated heterocycles. The van der Waals surface area contributed by atoms with Crippen molar-refractivity contribution in [3.63, 3.8) is 0 Å². The van der Waals surface area contributed by atoms with E-state index in [1.165, 1.54) is 11.8 Å². The third kappa shape index (κ3) is 3.22. The first-order chi connectivity index (χ1) is 16.4. The normalized spacial score (nSPS) is 18.6. The Morgan fingerprint density at radius 2 is 1.71 bits per heavy atom. The number of ether oxygens (including phenoxy) is 1. The highest BCUT2D eigenvalue weighted by molar-refractivity contribution is 8.15. The van der Waals surface area contributed by atoms with E-state index >= 15 is 0 Å². The first-order valence-electron chi connectivity index (χ1n) is 10.4. The molecule has 0 spiro atoms. The molecule has 1 aliphatic carbocycles. The molecule has 170 valence electrons. The van der Waals surface area contributed by atoms with Crippen LogP contribution in [-0.2, 0) is 6.42 Å². The number of hydrogen-bond acceptors (Lipinski definition) is 5. The third-order valence-corrected chi connectivity index (χ3v) is 7.32. The molecule has 0 unspecified atom stereocenters. The number of para-hydroxylation sites is 1. The summed E-state index contributed by atoms with van der Waals surface area (Å²) in [6.07, 6.45) is -0.00283. The van der Waals surface area contributed by atoms with Gasteiger partial charge in [0.2, 0.25) is 5.88 Å². The minimum atomic E-state index is -1.80. The molecule has 0 saturated carbocycles. The van der Waals surface area contributed by atoms with Gasteiger partial charge in [-0.3, -0.25) is 4.99 Å². The van der Waals surface area contributed by atoms with Gasteiger partial charge in [0.1, 0.15) is 17.0 Å². The molecule has 0 fully saturated rings. The van der Waals surface area contributed by atoms with Crippen LogP contribution in [-0.4, -0.2) is 21.2 Å². The van der Waals surface area contributed by atoms with Crippen molar-refractivity contribution in [2.24, 2.45) is 4.99 Å². The van der Waals surface area contributed by atoms with Crippen molar-refractivity contribution in [1.29, 1.82) is 0 Å². The van der Waals surface area contributed by atoms with Gasteiger partial charge in [-0.1, -0.05) is 36.0 Å². The standard InChI is InChI=1S/C25H14F4N2O2S/c26-19-14-10-15-24(18(14)20(27)22(29)21(19)28)34-25(30-15)12-4-1-5-13(9-12)33-17-8-7-11-3-2-6-16(32)23(11)31-17/h1-9,15,24,32H,10H2/t15-,24-/m0/s1. The molecule has 4 nitrogen and oxygen atoms in total. The lowest BCUT2D eigenvalue weighted by Gasteiger charge is -2.12. The lowest BCUT2D eigenvalue weighted by Crippen LogP contribution is -2.05. The number of fused-ring (bicyclic) bond motifs is 4. The summed E-state index contributed by atoms with van der Waals surface area (Å²) >= 11 is 1.18. The highest BCUT2D eigenvalue weighted by atomic mass is 32.2. The van der Waals surface area contributed by atoms with E-state index < -0.39 is 34.6 Å². The second kappa shape index (κ2) is 7.73. The van der Waals surface area contributed by atoms with Crippen molar-refractivity contribution in [3.8, 4) is 17.4 Å². The predicted octanol–water partition coefficient (Wildman–Crippen LogP) is 6.45. The van der Waals surface area contributed by atoms with E-state index in [-0.39, 0.29) is 29.2 Å². The van der Waals surface area contributed by atoms with Crippen molar-refractivity contribution < 1.29 is 27.4 Å². The molecule has 6 rings (SSSR count). The number of aliphatic imine (C=N–C) groups is 1. The molecule has 1 N–H and O–H groups in total. The number of aromatic hydroxyl groups is 1. The molecule has 3 aromatic carbocycles. The van der Waals surface area contributed by atoms with Crippen LogP contribution in [0.2, 0.25) is 0 Å². The van der Waals surface area contributed by atoms with Crippen LogP contribution in [0.1, 0.15) is 21.9 Å². The highest BCUT2D eigenvalue weighted by Crippen LogP contribution is 2.51. The van der Waals surface area contributed by atoms with Crippen molar-refractivity contribution in [2.45, 2.75) is 17.7 Å². The maximum Gasteiger partial charge on any atom is 0.219 e. The molecule has 2 heterocycles.